The molecule has 0 saturated heterocycles. The number of hydrogen-bond donors (Lipinski definition) is 2. The Bertz CT molecular complexity index is 696. The van der Waals surface area contributed by atoms with Crippen molar-refractivity contribution < 1.29 is 26.6 Å². The van der Waals surface area contributed by atoms with Crippen LogP contribution < -0.4 is 27.6 Å². The van der Waals surface area contributed by atoms with Crippen LogP contribution in [0.5, 0.6) is 0 Å². The van der Waals surface area contributed by atoms with Gasteiger partial charge in [0.2, 0.25) is 6.54 Å². The Morgan fingerprint density at radius 3 is 2.35 bits per heavy atom. The van der Waals surface area contributed by atoms with Gasteiger partial charge in [-0.05, 0) is 31.0 Å². The van der Waals surface area contributed by atoms with Crippen LogP contribution in [0.4, 0.5) is 5.69 Å². The normalized spacial score (nSPS) is 9.70. The number of aryl methyl sites for hydroxylation is 2. The van der Waals surface area contributed by atoms with E-state index < -0.39 is 0 Å². The molecule has 2 N–H and O–H groups in total. The fourth-order valence-corrected chi connectivity index (χ4v) is 2.26. The molecular formula is C17H20ClN3O2. The first-order chi connectivity index (χ1) is 10.5. The Hall–Kier alpha value is -2.40. The van der Waals surface area contributed by atoms with Crippen LogP contribution in [0.15, 0.2) is 42.7 Å². The van der Waals surface area contributed by atoms with Crippen molar-refractivity contribution in [2.75, 3.05) is 12.4 Å². The molecule has 0 atom stereocenters. The maximum Gasteiger partial charge on any atom is 0.290 e. The SMILES string of the molecule is CNC(=O)c1ccc[n+](CC(=O)Nc2c(C)cccc2C)c1.[Cl-]. The van der Waals surface area contributed by atoms with Crippen LogP contribution in [-0.4, -0.2) is 18.9 Å². The third-order valence-electron chi connectivity index (χ3n) is 3.42. The molecule has 0 saturated carbocycles. The van der Waals surface area contributed by atoms with Crippen LogP contribution >= 0.6 is 0 Å². The summed E-state index contributed by atoms with van der Waals surface area (Å²) in [5.74, 6) is -0.305. The van der Waals surface area contributed by atoms with E-state index >= 15 is 0 Å². The molecule has 122 valence electrons. The van der Waals surface area contributed by atoms with E-state index in [9.17, 15) is 9.59 Å². The molecule has 1 aromatic heterocycles. The van der Waals surface area contributed by atoms with Gasteiger partial charge in [0.25, 0.3) is 11.8 Å². The maximum atomic E-state index is 12.2. The van der Waals surface area contributed by atoms with Crippen LogP contribution in [0.1, 0.15) is 21.5 Å². The molecule has 0 radical (unpaired) electrons. The van der Waals surface area contributed by atoms with Crippen LogP contribution in [-0.2, 0) is 11.3 Å². The first kappa shape index (κ1) is 18.6. The number of hydrogen-bond acceptors (Lipinski definition) is 2. The molecule has 0 aliphatic rings. The summed E-state index contributed by atoms with van der Waals surface area (Å²) in [5.41, 5.74) is 3.41. The van der Waals surface area contributed by atoms with Crippen molar-refractivity contribution in [3.05, 3.63) is 59.4 Å². The number of nitrogens with zero attached hydrogens (tertiary/aromatic N) is 1. The molecule has 0 unspecified atom stereocenters. The van der Waals surface area contributed by atoms with Gasteiger partial charge in [-0.15, -0.1) is 0 Å². The Labute approximate surface area is 142 Å². The summed E-state index contributed by atoms with van der Waals surface area (Å²) >= 11 is 0. The number of rotatable bonds is 4. The van der Waals surface area contributed by atoms with Gasteiger partial charge >= 0.3 is 0 Å². The minimum absolute atomic E-state index is 0. The average molecular weight is 334 g/mol. The molecular weight excluding hydrogens is 314 g/mol. The second-order valence-corrected chi connectivity index (χ2v) is 5.16. The Morgan fingerprint density at radius 1 is 1.09 bits per heavy atom. The van der Waals surface area contributed by atoms with Crippen molar-refractivity contribution in [2.24, 2.45) is 0 Å². The number of nitrogens with one attached hydrogen (secondary N) is 2. The minimum Gasteiger partial charge on any atom is -1.00 e. The number of para-hydroxylation sites is 1. The van der Waals surface area contributed by atoms with E-state index in [0.29, 0.717) is 5.56 Å². The van der Waals surface area contributed by atoms with Crippen molar-refractivity contribution in [1.82, 2.24) is 5.32 Å². The highest BCUT2D eigenvalue weighted by molar-refractivity contribution is 5.93. The minimum atomic E-state index is -0.176. The Morgan fingerprint density at radius 2 is 1.74 bits per heavy atom. The first-order valence-corrected chi connectivity index (χ1v) is 7.08. The summed E-state index contributed by atoms with van der Waals surface area (Å²) in [7, 11) is 1.58. The molecule has 0 aliphatic heterocycles. The largest absolute Gasteiger partial charge is 1.00 e. The molecule has 0 fully saturated rings. The van der Waals surface area contributed by atoms with Crippen molar-refractivity contribution in [1.29, 1.82) is 0 Å². The molecule has 2 rings (SSSR count). The van der Waals surface area contributed by atoms with Crippen molar-refractivity contribution in [3.8, 4) is 0 Å². The highest BCUT2D eigenvalue weighted by Crippen LogP contribution is 2.19. The number of benzene rings is 1. The lowest BCUT2D eigenvalue weighted by Gasteiger charge is -2.10. The molecule has 1 aromatic carbocycles. The lowest BCUT2D eigenvalue weighted by molar-refractivity contribution is -0.684. The third kappa shape index (κ3) is 4.79. The summed E-state index contributed by atoms with van der Waals surface area (Å²) in [4.78, 5) is 23.8. The molecule has 1 heterocycles. The molecule has 6 heteroatoms. The molecule has 0 bridgehead atoms. The summed E-state index contributed by atoms with van der Waals surface area (Å²) in [6.07, 6.45) is 3.42. The van der Waals surface area contributed by atoms with Gasteiger partial charge in [0.05, 0.1) is 0 Å². The highest BCUT2D eigenvalue weighted by atomic mass is 35.5. The van der Waals surface area contributed by atoms with Crippen molar-refractivity contribution in [3.63, 3.8) is 0 Å². The van der Waals surface area contributed by atoms with Gasteiger partial charge in [-0.2, -0.15) is 4.57 Å². The number of pyridine rings is 1. The fraction of sp³-hybridized carbons (Fsp3) is 0.235. The van der Waals surface area contributed by atoms with E-state index in [1.165, 1.54) is 0 Å². The highest BCUT2D eigenvalue weighted by Gasteiger charge is 2.14. The molecule has 23 heavy (non-hydrogen) atoms. The quantitative estimate of drug-likeness (QED) is 0.676. The lowest BCUT2D eigenvalue weighted by atomic mass is 10.1. The number of carbonyl (C=O) groups is 2. The predicted octanol–water partition coefficient (Wildman–Crippen LogP) is -1.41. The number of carbonyl (C=O) groups excluding carboxylic acids is 2. The van der Waals surface area contributed by atoms with Crippen LogP contribution in [0.2, 0.25) is 0 Å². The lowest BCUT2D eigenvalue weighted by Crippen LogP contribution is -3.00. The van der Waals surface area contributed by atoms with Gasteiger partial charge in [-0.3, -0.25) is 9.59 Å². The molecule has 5 nitrogen and oxygen atoms in total. The second kappa shape index (κ2) is 8.29. The predicted molar refractivity (Wildman–Crippen MR) is 84.6 cm³/mol. The third-order valence-corrected chi connectivity index (χ3v) is 3.42. The average Bonchev–Trinajstić information content (AvgIpc) is 2.50. The monoisotopic (exact) mass is 333 g/mol. The summed E-state index contributed by atoms with van der Waals surface area (Å²) in [6, 6.07) is 9.33. The van der Waals surface area contributed by atoms with E-state index in [1.54, 1.807) is 36.1 Å². The summed E-state index contributed by atoms with van der Waals surface area (Å²) in [6.45, 7) is 4.07. The second-order valence-electron chi connectivity index (χ2n) is 5.16. The number of anilines is 1. The van der Waals surface area contributed by atoms with Crippen LogP contribution in [0, 0.1) is 13.8 Å². The van der Waals surface area contributed by atoms with E-state index in [-0.39, 0.29) is 30.8 Å². The number of aromatic nitrogens is 1. The Balaban J connectivity index is 0.00000264. The van der Waals surface area contributed by atoms with Gasteiger partial charge < -0.3 is 23.0 Å². The number of amides is 2. The van der Waals surface area contributed by atoms with Crippen LogP contribution in [0.25, 0.3) is 0 Å². The summed E-state index contributed by atoms with van der Waals surface area (Å²) < 4.78 is 1.69. The molecule has 2 amide bonds. The molecule has 0 aliphatic carbocycles. The Kier molecular flexibility index (Phi) is 6.72. The zero-order valence-corrected chi connectivity index (χ0v) is 14.1. The van der Waals surface area contributed by atoms with Crippen molar-refractivity contribution >= 4 is 17.5 Å². The topological polar surface area (TPSA) is 62.1 Å². The van der Waals surface area contributed by atoms with Gasteiger partial charge in [0.15, 0.2) is 12.4 Å². The van der Waals surface area contributed by atoms with Gasteiger partial charge in [0, 0.05) is 18.8 Å². The van der Waals surface area contributed by atoms with Gasteiger partial charge in [-0.1, -0.05) is 18.2 Å². The first-order valence-electron chi connectivity index (χ1n) is 7.08. The van der Waals surface area contributed by atoms with Crippen molar-refractivity contribution in [2.45, 2.75) is 20.4 Å². The van der Waals surface area contributed by atoms with E-state index in [2.05, 4.69) is 10.6 Å². The van der Waals surface area contributed by atoms with E-state index in [0.717, 1.165) is 16.8 Å². The number of halogens is 1. The van der Waals surface area contributed by atoms with E-state index in [4.69, 9.17) is 0 Å². The molecule has 0 spiro atoms. The molecule has 2 aromatic rings. The standard InChI is InChI=1S/C17H19N3O2.ClH/c1-12-6-4-7-13(2)16(12)19-15(21)11-20-9-5-8-14(10-20)17(22)18-3;/h4-10H,11H2,1-3H3,(H-,18,19,21,22);1H. The zero-order chi connectivity index (χ0) is 16.1. The fourth-order valence-electron chi connectivity index (χ4n) is 2.26. The van der Waals surface area contributed by atoms with E-state index in [1.807, 2.05) is 32.0 Å². The zero-order valence-electron chi connectivity index (χ0n) is 13.4. The van der Waals surface area contributed by atoms with Gasteiger partial charge in [0.1, 0.15) is 5.56 Å². The maximum absolute atomic E-state index is 12.2. The van der Waals surface area contributed by atoms with Gasteiger partial charge in [-0.25, -0.2) is 0 Å². The summed E-state index contributed by atoms with van der Waals surface area (Å²) in [5, 5.41) is 5.49. The smallest absolute Gasteiger partial charge is 0.290 e. The van der Waals surface area contributed by atoms with Crippen LogP contribution in [0.3, 0.4) is 0 Å².